The van der Waals surface area contributed by atoms with Gasteiger partial charge in [-0.1, -0.05) is 34.1 Å². The number of nitrogens with one attached hydrogen (secondary N) is 1. The molecule has 1 N–H and O–H groups in total. The molecule has 0 radical (unpaired) electrons. The Balaban J connectivity index is 3.06. The summed E-state index contributed by atoms with van der Waals surface area (Å²) in [5.74, 6) is 0. The summed E-state index contributed by atoms with van der Waals surface area (Å²) in [5, 5.41) is 3.18. The Bertz CT molecular complexity index is 307. The van der Waals surface area contributed by atoms with Crippen molar-refractivity contribution in [3.8, 4) is 0 Å². The number of hydrogen-bond acceptors (Lipinski definition) is 1. The molecule has 0 spiro atoms. The fourth-order valence-corrected chi connectivity index (χ4v) is 2.02. The third kappa shape index (κ3) is 2.42. The van der Waals surface area contributed by atoms with E-state index in [-0.39, 0.29) is 6.04 Å². The van der Waals surface area contributed by atoms with E-state index in [2.05, 4.69) is 52.9 Å². The van der Waals surface area contributed by atoms with Crippen LogP contribution in [-0.2, 0) is 0 Å². The highest BCUT2D eigenvalue weighted by atomic mass is 79.9. The number of hydrogen-bond donors (Lipinski definition) is 1. The zero-order chi connectivity index (χ0) is 9.84. The molecule has 0 aliphatic carbocycles. The van der Waals surface area contributed by atoms with E-state index < -0.39 is 0 Å². The van der Waals surface area contributed by atoms with Crippen LogP contribution < -0.4 is 5.32 Å². The molecule has 1 nitrogen and oxygen atoms in total. The van der Waals surface area contributed by atoms with E-state index >= 15 is 0 Å². The van der Waals surface area contributed by atoms with Crippen molar-refractivity contribution in [1.29, 1.82) is 0 Å². The summed E-state index contributed by atoms with van der Waals surface area (Å²) in [6.45, 7) is 5.87. The van der Waals surface area contributed by atoms with Crippen LogP contribution in [-0.4, -0.2) is 7.05 Å². The average molecular weight is 240 g/mol. The Morgan fingerprint density at radius 3 is 2.69 bits per heavy atom. The lowest BCUT2D eigenvalue weighted by Crippen LogP contribution is -2.13. The Morgan fingerprint density at radius 1 is 1.54 bits per heavy atom. The molecule has 1 unspecified atom stereocenters. The second kappa shape index (κ2) is 4.58. The Labute approximate surface area is 88.0 Å². The molecule has 0 aliphatic rings. The molecular weight excluding hydrogens is 226 g/mol. The van der Waals surface area contributed by atoms with Gasteiger partial charge in [0.2, 0.25) is 0 Å². The van der Waals surface area contributed by atoms with Gasteiger partial charge >= 0.3 is 0 Å². The number of likely N-dealkylation sites (N-methyl/N-ethyl adjacent to an activating group) is 1. The average Bonchev–Trinajstić information content (AvgIpc) is 2.10. The minimum Gasteiger partial charge on any atom is -0.310 e. The van der Waals surface area contributed by atoms with Crippen LogP contribution in [0.2, 0.25) is 0 Å². The summed E-state index contributed by atoms with van der Waals surface area (Å²) in [7, 11) is 1.93. The topological polar surface area (TPSA) is 12.0 Å². The second-order valence-electron chi connectivity index (χ2n) is 3.03. The number of halogens is 1. The van der Waals surface area contributed by atoms with Crippen LogP contribution in [0.4, 0.5) is 0 Å². The minimum absolute atomic E-state index is 0.218. The van der Waals surface area contributed by atoms with Gasteiger partial charge in [-0.25, -0.2) is 0 Å². The van der Waals surface area contributed by atoms with Crippen LogP contribution in [0.1, 0.15) is 17.2 Å². The van der Waals surface area contributed by atoms with E-state index in [1.54, 1.807) is 0 Å². The van der Waals surface area contributed by atoms with Crippen molar-refractivity contribution in [3.63, 3.8) is 0 Å². The van der Waals surface area contributed by atoms with E-state index in [1.807, 2.05) is 13.1 Å². The summed E-state index contributed by atoms with van der Waals surface area (Å²) in [4.78, 5) is 0. The summed E-state index contributed by atoms with van der Waals surface area (Å²) in [5.41, 5.74) is 2.48. The van der Waals surface area contributed by atoms with Gasteiger partial charge in [0.15, 0.2) is 0 Å². The molecule has 1 aromatic rings. The van der Waals surface area contributed by atoms with E-state index in [0.717, 1.165) is 4.47 Å². The normalized spacial score (nSPS) is 12.5. The Hall–Kier alpha value is -0.600. The summed E-state index contributed by atoms with van der Waals surface area (Å²) >= 11 is 3.54. The van der Waals surface area contributed by atoms with Crippen molar-refractivity contribution in [2.75, 3.05) is 7.05 Å². The maximum atomic E-state index is 3.79. The van der Waals surface area contributed by atoms with Crippen LogP contribution in [0.25, 0.3) is 0 Å². The van der Waals surface area contributed by atoms with Gasteiger partial charge < -0.3 is 5.32 Å². The van der Waals surface area contributed by atoms with E-state index in [0.29, 0.717) is 0 Å². The molecule has 70 valence electrons. The first-order valence-electron chi connectivity index (χ1n) is 4.25. The third-order valence-electron chi connectivity index (χ3n) is 2.04. The third-order valence-corrected chi connectivity index (χ3v) is 2.72. The predicted molar refractivity (Wildman–Crippen MR) is 60.9 cm³/mol. The first kappa shape index (κ1) is 10.5. The van der Waals surface area contributed by atoms with Crippen molar-refractivity contribution >= 4 is 15.9 Å². The maximum absolute atomic E-state index is 3.79. The molecule has 0 saturated carbocycles. The summed E-state index contributed by atoms with van der Waals surface area (Å²) in [6, 6.07) is 6.55. The number of rotatable bonds is 3. The molecule has 0 aromatic heterocycles. The van der Waals surface area contributed by atoms with Gasteiger partial charge in [-0.05, 0) is 31.2 Å². The lowest BCUT2D eigenvalue weighted by atomic mass is 10.1. The highest BCUT2D eigenvalue weighted by molar-refractivity contribution is 9.10. The van der Waals surface area contributed by atoms with Gasteiger partial charge in [-0.2, -0.15) is 0 Å². The van der Waals surface area contributed by atoms with Crippen LogP contribution in [0.3, 0.4) is 0 Å². The molecule has 0 aliphatic heterocycles. The highest BCUT2D eigenvalue weighted by Crippen LogP contribution is 2.24. The Kier molecular flexibility index (Phi) is 3.70. The van der Waals surface area contributed by atoms with Gasteiger partial charge in [-0.15, -0.1) is 6.58 Å². The molecule has 0 saturated heterocycles. The second-order valence-corrected chi connectivity index (χ2v) is 3.88. The lowest BCUT2D eigenvalue weighted by molar-refractivity contribution is 0.713. The van der Waals surface area contributed by atoms with Gasteiger partial charge in [0.25, 0.3) is 0 Å². The van der Waals surface area contributed by atoms with Crippen LogP contribution in [0, 0.1) is 6.92 Å². The van der Waals surface area contributed by atoms with Crippen LogP contribution >= 0.6 is 15.9 Å². The van der Waals surface area contributed by atoms with Crippen molar-refractivity contribution in [1.82, 2.24) is 5.32 Å². The quantitative estimate of drug-likeness (QED) is 0.800. The monoisotopic (exact) mass is 239 g/mol. The number of aryl methyl sites for hydroxylation is 1. The van der Waals surface area contributed by atoms with Crippen molar-refractivity contribution < 1.29 is 0 Å². The first-order chi connectivity index (χ1) is 6.19. The molecule has 0 fully saturated rings. The molecular formula is C11H14BrN. The van der Waals surface area contributed by atoms with Crippen LogP contribution in [0.15, 0.2) is 35.3 Å². The van der Waals surface area contributed by atoms with Crippen molar-refractivity contribution in [2.24, 2.45) is 0 Å². The molecule has 2 heteroatoms. The fourth-order valence-electron chi connectivity index (χ4n) is 1.28. The first-order valence-corrected chi connectivity index (χ1v) is 5.04. The molecule has 1 rings (SSSR count). The molecule has 0 amide bonds. The standard InChI is InChI=1S/C11H14BrN/c1-4-11(13-3)9-6-5-8(2)7-10(9)12/h4-7,11,13H,1H2,2-3H3. The van der Waals surface area contributed by atoms with Gasteiger partial charge in [0.1, 0.15) is 0 Å². The largest absolute Gasteiger partial charge is 0.310 e. The Morgan fingerprint density at radius 2 is 2.23 bits per heavy atom. The van der Waals surface area contributed by atoms with Gasteiger partial charge in [-0.3, -0.25) is 0 Å². The zero-order valence-corrected chi connectivity index (χ0v) is 9.56. The predicted octanol–water partition coefficient (Wildman–Crippen LogP) is 3.20. The number of benzene rings is 1. The molecule has 0 bridgehead atoms. The smallest absolute Gasteiger partial charge is 0.0512 e. The van der Waals surface area contributed by atoms with E-state index in [1.165, 1.54) is 11.1 Å². The van der Waals surface area contributed by atoms with Gasteiger partial charge in [0, 0.05) is 4.47 Å². The molecule has 0 heterocycles. The van der Waals surface area contributed by atoms with Crippen molar-refractivity contribution in [2.45, 2.75) is 13.0 Å². The van der Waals surface area contributed by atoms with E-state index in [4.69, 9.17) is 0 Å². The lowest BCUT2D eigenvalue weighted by Gasteiger charge is -2.13. The molecule has 1 atom stereocenters. The van der Waals surface area contributed by atoms with Crippen molar-refractivity contribution in [3.05, 3.63) is 46.5 Å². The summed E-state index contributed by atoms with van der Waals surface area (Å²) in [6.07, 6.45) is 1.90. The van der Waals surface area contributed by atoms with Crippen LogP contribution in [0.5, 0.6) is 0 Å². The minimum atomic E-state index is 0.218. The van der Waals surface area contributed by atoms with Gasteiger partial charge in [0.05, 0.1) is 6.04 Å². The van der Waals surface area contributed by atoms with E-state index in [9.17, 15) is 0 Å². The SMILES string of the molecule is C=CC(NC)c1ccc(C)cc1Br. The summed E-state index contributed by atoms with van der Waals surface area (Å²) < 4.78 is 1.13. The molecule has 13 heavy (non-hydrogen) atoms. The zero-order valence-electron chi connectivity index (χ0n) is 7.97. The maximum Gasteiger partial charge on any atom is 0.0512 e. The highest BCUT2D eigenvalue weighted by Gasteiger charge is 2.07. The fraction of sp³-hybridized carbons (Fsp3) is 0.273. The molecule has 1 aromatic carbocycles.